The number of piperazine rings is 1. The van der Waals surface area contributed by atoms with Gasteiger partial charge in [0.05, 0.1) is 24.6 Å². The lowest BCUT2D eigenvalue weighted by atomic mass is 9.82. The van der Waals surface area contributed by atoms with Crippen LogP contribution in [0.15, 0.2) is 66.7 Å². The van der Waals surface area contributed by atoms with Gasteiger partial charge < -0.3 is 15.0 Å². The smallest absolute Gasteiger partial charge is 0.416 e. The molecular formula is C30H31F4N3O2. The number of hydrogen-bond donors (Lipinski definition) is 1. The first-order valence-corrected chi connectivity index (χ1v) is 13.1. The van der Waals surface area contributed by atoms with Crippen LogP contribution in [0.3, 0.4) is 0 Å². The van der Waals surface area contributed by atoms with Crippen molar-refractivity contribution in [2.45, 2.75) is 31.6 Å². The molecule has 3 aromatic carbocycles. The molecular weight excluding hydrogens is 510 g/mol. The molecule has 2 heterocycles. The minimum atomic E-state index is -4.45. The second-order valence-corrected chi connectivity index (χ2v) is 10.2. The highest BCUT2D eigenvalue weighted by Gasteiger charge is 2.42. The highest BCUT2D eigenvalue weighted by atomic mass is 19.4. The molecule has 2 unspecified atom stereocenters. The van der Waals surface area contributed by atoms with E-state index in [-0.39, 0.29) is 24.2 Å². The van der Waals surface area contributed by atoms with Crippen LogP contribution in [0.25, 0.3) is 0 Å². The summed E-state index contributed by atoms with van der Waals surface area (Å²) < 4.78 is 59.0. The van der Waals surface area contributed by atoms with Gasteiger partial charge in [-0.05, 0) is 72.0 Å². The predicted molar refractivity (Wildman–Crippen MR) is 141 cm³/mol. The Bertz CT molecular complexity index is 1300. The van der Waals surface area contributed by atoms with E-state index < -0.39 is 17.7 Å². The zero-order chi connectivity index (χ0) is 27.6. The minimum absolute atomic E-state index is 0.162. The van der Waals surface area contributed by atoms with Gasteiger partial charge in [0.2, 0.25) is 5.91 Å². The van der Waals surface area contributed by atoms with E-state index in [9.17, 15) is 22.4 Å². The summed E-state index contributed by atoms with van der Waals surface area (Å²) in [6, 6.07) is 17.6. The maximum atomic E-state index is 13.5. The van der Waals surface area contributed by atoms with Crippen molar-refractivity contribution in [2.75, 3.05) is 38.2 Å². The van der Waals surface area contributed by atoms with Crippen molar-refractivity contribution >= 4 is 11.6 Å². The molecule has 3 aromatic rings. The Morgan fingerprint density at radius 3 is 2.41 bits per heavy atom. The Morgan fingerprint density at radius 1 is 1.00 bits per heavy atom. The molecule has 0 saturated carbocycles. The van der Waals surface area contributed by atoms with E-state index in [0.717, 1.165) is 28.6 Å². The van der Waals surface area contributed by atoms with Crippen LogP contribution in [-0.2, 0) is 30.4 Å². The van der Waals surface area contributed by atoms with Gasteiger partial charge in [-0.25, -0.2) is 4.39 Å². The van der Waals surface area contributed by atoms with Crippen LogP contribution in [0.1, 0.15) is 22.3 Å². The largest absolute Gasteiger partial charge is 0.497 e. The van der Waals surface area contributed by atoms with Gasteiger partial charge in [0, 0.05) is 38.4 Å². The second-order valence-electron chi connectivity index (χ2n) is 10.2. The summed E-state index contributed by atoms with van der Waals surface area (Å²) in [4.78, 5) is 17.8. The summed E-state index contributed by atoms with van der Waals surface area (Å²) in [6.45, 7) is 2.87. The van der Waals surface area contributed by atoms with Crippen molar-refractivity contribution < 1.29 is 27.1 Å². The van der Waals surface area contributed by atoms with E-state index in [0.29, 0.717) is 44.7 Å². The molecule has 206 valence electrons. The third-order valence-electron chi connectivity index (χ3n) is 7.65. The topological polar surface area (TPSA) is 44.8 Å². The SMILES string of the molecule is COc1ccc(CCNC(=O)C2Cc3cc(C(F)(F)F)ccc3N3CCN(Cc4ccc(F)cc4)CC23)cc1. The number of methoxy groups -OCH3 is 1. The molecule has 1 amide bonds. The number of rotatable bonds is 7. The van der Waals surface area contributed by atoms with E-state index in [4.69, 9.17) is 4.74 Å². The fourth-order valence-electron chi connectivity index (χ4n) is 5.60. The van der Waals surface area contributed by atoms with Crippen molar-refractivity contribution in [3.05, 3.63) is 94.8 Å². The van der Waals surface area contributed by atoms with Gasteiger partial charge >= 0.3 is 6.18 Å². The standard InChI is InChI=1S/C30H31F4N3O2/c1-39-25-9-4-20(5-10-25)12-13-35-29(38)26-17-22-16-23(30(32,33)34)6-11-27(22)37-15-14-36(19-28(26)37)18-21-2-7-24(31)8-3-21/h2-11,16,26,28H,12-15,17-19H2,1H3,(H,35,38). The Balaban J connectivity index is 1.34. The van der Waals surface area contributed by atoms with E-state index in [2.05, 4.69) is 15.1 Å². The van der Waals surface area contributed by atoms with E-state index >= 15 is 0 Å². The molecule has 0 bridgehead atoms. The molecule has 1 N–H and O–H groups in total. The molecule has 1 saturated heterocycles. The second kappa shape index (κ2) is 11.3. The minimum Gasteiger partial charge on any atom is -0.497 e. The highest BCUT2D eigenvalue weighted by molar-refractivity contribution is 5.82. The predicted octanol–water partition coefficient (Wildman–Crippen LogP) is 5.08. The van der Waals surface area contributed by atoms with Gasteiger partial charge in [-0.1, -0.05) is 24.3 Å². The van der Waals surface area contributed by atoms with Crippen molar-refractivity contribution in [1.82, 2.24) is 10.2 Å². The Morgan fingerprint density at radius 2 is 1.72 bits per heavy atom. The number of alkyl halides is 3. The third kappa shape index (κ3) is 6.19. The monoisotopic (exact) mass is 541 g/mol. The van der Waals surface area contributed by atoms with Crippen molar-refractivity contribution in [1.29, 1.82) is 0 Å². The van der Waals surface area contributed by atoms with Gasteiger partial charge in [0.15, 0.2) is 0 Å². The van der Waals surface area contributed by atoms with E-state index in [1.807, 2.05) is 24.3 Å². The highest BCUT2D eigenvalue weighted by Crippen LogP contribution is 2.40. The van der Waals surface area contributed by atoms with Crippen LogP contribution in [0, 0.1) is 11.7 Å². The number of fused-ring (bicyclic) bond motifs is 3. The maximum Gasteiger partial charge on any atom is 0.416 e. The summed E-state index contributed by atoms with van der Waals surface area (Å²) in [5, 5.41) is 3.03. The van der Waals surface area contributed by atoms with Gasteiger partial charge in [-0.3, -0.25) is 9.69 Å². The van der Waals surface area contributed by atoms with Crippen molar-refractivity contribution in [3.8, 4) is 5.75 Å². The number of nitrogens with one attached hydrogen (secondary N) is 1. The summed E-state index contributed by atoms with van der Waals surface area (Å²) in [5.41, 5.74) is 2.62. The van der Waals surface area contributed by atoms with Crippen LogP contribution in [0.5, 0.6) is 5.75 Å². The molecule has 2 atom stereocenters. The van der Waals surface area contributed by atoms with Gasteiger partial charge in [0.1, 0.15) is 11.6 Å². The Kier molecular flexibility index (Phi) is 7.79. The van der Waals surface area contributed by atoms with E-state index in [1.54, 1.807) is 25.3 Å². The number of ether oxygens (including phenoxy) is 1. The molecule has 0 aliphatic carbocycles. The zero-order valence-corrected chi connectivity index (χ0v) is 21.7. The number of hydrogen-bond acceptors (Lipinski definition) is 4. The number of anilines is 1. The van der Waals surface area contributed by atoms with Gasteiger partial charge in [0.25, 0.3) is 0 Å². The van der Waals surface area contributed by atoms with Crippen molar-refractivity contribution in [2.24, 2.45) is 5.92 Å². The van der Waals surface area contributed by atoms with Gasteiger partial charge in [-0.2, -0.15) is 13.2 Å². The zero-order valence-electron chi connectivity index (χ0n) is 21.7. The summed E-state index contributed by atoms with van der Waals surface area (Å²) >= 11 is 0. The average molecular weight is 542 g/mol. The first-order valence-electron chi connectivity index (χ1n) is 13.1. The molecule has 1 fully saturated rings. The van der Waals surface area contributed by atoms with Crippen LogP contribution in [0.4, 0.5) is 23.2 Å². The molecule has 0 radical (unpaired) electrons. The first-order chi connectivity index (χ1) is 18.7. The Labute approximate surface area is 225 Å². The number of nitrogens with zero attached hydrogens (tertiary/aromatic N) is 2. The molecule has 9 heteroatoms. The van der Waals surface area contributed by atoms with Crippen molar-refractivity contribution in [3.63, 3.8) is 0 Å². The summed E-state index contributed by atoms with van der Waals surface area (Å²) in [5.74, 6) is -0.209. The fourth-order valence-corrected chi connectivity index (χ4v) is 5.60. The average Bonchev–Trinajstić information content (AvgIpc) is 2.93. The lowest BCUT2D eigenvalue weighted by Crippen LogP contribution is -2.61. The van der Waals surface area contributed by atoms with Crippen LogP contribution in [-0.4, -0.2) is 50.1 Å². The lowest BCUT2D eigenvalue weighted by Gasteiger charge is -2.49. The molecule has 0 aromatic heterocycles. The number of halogens is 4. The number of amides is 1. The quantitative estimate of drug-likeness (QED) is 0.424. The molecule has 2 aliphatic heterocycles. The number of carbonyl (C=O) groups is 1. The third-order valence-corrected chi connectivity index (χ3v) is 7.65. The fraction of sp³-hybridized carbons (Fsp3) is 0.367. The molecule has 2 aliphatic rings. The first kappa shape index (κ1) is 27.0. The maximum absolute atomic E-state index is 13.5. The normalized spacial score (nSPS) is 19.3. The number of benzene rings is 3. The summed E-state index contributed by atoms with van der Waals surface area (Å²) in [6.07, 6.45) is -3.59. The summed E-state index contributed by atoms with van der Waals surface area (Å²) in [7, 11) is 1.60. The Hall–Kier alpha value is -3.59. The van der Waals surface area contributed by atoms with Crippen LogP contribution in [0.2, 0.25) is 0 Å². The molecule has 39 heavy (non-hydrogen) atoms. The van der Waals surface area contributed by atoms with E-state index in [1.165, 1.54) is 18.2 Å². The van der Waals surface area contributed by atoms with Crippen LogP contribution >= 0.6 is 0 Å². The van der Waals surface area contributed by atoms with Crippen LogP contribution < -0.4 is 15.0 Å². The molecule has 5 nitrogen and oxygen atoms in total. The lowest BCUT2D eigenvalue weighted by molar-refractivity contribution is -0.137. The molecule has 0 spiro atoms. The molecule has 5 rings (SSSR count). The van der Waals surface area contributed by atoms with Gasteiger partial charge in [-0.15, -0.1) is 0 Å². The number of carbonyl (C=O) groups excluding carboxylic acids is 1.